The number of allylic oxidation sites excluding steroid dienone is 3. The van der Waals surface area contributed by atoms with E-state index in [0.29, 0.717) is 21.9 Å². The van der Waals surface area contributed by atoms with Crippen molar-refractivity contribution < 1.29 is 9.53 Å². The molecule has 0 fully saturated rings. The molecular formula is C24H21ClN2O2. The van der Waals surface area contributed by atoms with Gasteiger partial charge in [-0.1, -0.05) is 60.1 Å². The van der Waals surface area contributed by atoms with Gasteiger partial charge in [-0.15, -0.1) is 0 Å². The Bertz CT molecular complexity index is 1050. The number of carbonyl (C=O) groups is 1. The zero-order chi connectivity index (χ0) is 20.8. The fourth-order valence-corrected chi connectivity index (χ4v) is 3.58. The van der Waals surface area contributed by atoms with Gasteiger partial charge in [-0.05, 0) is 43.2 Å². The number of hydrogen-bond acceptors (Lipinski definition) is 4. The Hall–Kier alpha value is -3.29. The van der Waals surface area contributed by atoms with Crippen molar-refractivity contribution in [1.29, 1.82) is 5.26 Å². The molecule has 1 aliphatic heterocycles. The van der Waals surface area contributed by atoms with Crippen molar-refractivity contribution in [3.8, 4) is 6.07 Å². The number of nitrogens with one attached hydrogen (secondary N) is 1. The second kappa shape index (κ2) is 9.27. The Morgan fingerprint density at radius 3 is 2.62 bits per heavy atom. The first-order valence-corrected chi connectivity index (χ1v) is 9.62. The van der Waals surface area contributed by atoms with E-state index in [1.165, 1.54) is 0 Å². The van der Waals surface area contributed by atoms with Gasteiger partial charge in [0.1, 0.15) is 6.61 Å². The normalized spacial score (nSPS) is 16.6. The largest absolute Gasteiger partial charge is 0.458 e. The zero-order valence-corrected chi connectivity index (χ0v) is 17.0. The molecule has 1 unspecified atom stereocenters. The van der Waals surface area contributed by atoms with Crippen LogP contribution in [0.15, 0.2) is 83.2 Å². The van der Waals surface area contributed by atoms with Crippen LogP contribution < -0.4 is 5.32 Å². The number of nitriles is 1. The summed E-state index contributed by atoms with van der Waals surface area (Å²) >= 11 is 6.16. The van der Waals surface area contributed by atoms with Crippen molar-refractivity contribution in [3.05, 3.63) is 99.4 Å². The molecule has 2 aromatic carbocycles. The standard InChI is InChI=1S/C24H21ClN2O2/c1-16-21(15-26)23(19-11-6-12-20(25)14-19)22(17(2)27-16)24(28)29-13-7-10-18-8-4-3-5-9-18/h3-12,14,23,27H,13H2,1-2H3/b10-7+. The molecule has 1 heterocycles. The molecule has 0 saturated carbocycles. The quantitative estimate of drug-likeness (QED) is 0.682. The monoisotopic (exact) mass is 404 g/mol. The number of halogens is 1. The predicted molar refractivity (Wildman–Crippen MR) is 115 cm³/mol. The van der Waals surface area contributed by atoms with Crippen molar-refractivity contribution >= 4 is 23.6 Å². The van der Waals surface area contributed by atoms with Gasteiger partial charge in [0.25, 0.3) is 0 Å². The lowest BCUT2D eigenvalue weighted by Gasteiger charge is -2.28. The third-order valence-corrected chi connectivity index (χ3v) is 4.94. The second-order valence-electron chi connectivity index (χ2n) is 6.71. The Morgan fingerprint density at radius 2 is 1.93 bits per heavy atom. The highest BCUT2D eigenvalue weighted by molar-refractivity contribution is 6.30. The molecule has 1 N–H and O–H groups in total. The molecule has 4 nitrogen and oxygen atoms in total. The zero-order valence-electron chi connectivity index (χ0n) is 16.3. The third kappa shape index (κ3) is 4.77. The second-order valence-corrected chi connectivity index (χ2v) is 7.15. The van der Waals surface area contributed by atoms with Crippen LogP contribution in [0.25, 0.3) is 6.08 Å². The first-order valence-electron chi connectivity index (χ1n) is 9.24. The minimum absolute atomic E-state index is 0.136. The highest BCUT2D eigenvalue weighted by atomic mass is 35.5. The summed E-state index contributed by atoms with van der Waals surface area (Å²) in [6, 6.07) is 19.2. The number of rotatable bonds is 5. The highest BCUT2D eigenvalue weighted by Gasteiger charge is 2.34. The highest BCUT2D eigenvalue weighted by Crippen LogP contribution is 2.38. The van der Waals surface area contributed by atoms with Crippen molar-refractivity contribution in [3.63, 3.8) is 0 Å². The summed E-state index contributed by atoms with van der Waals surface area (Å²) < 4.78 is 5.50. The molecule has 3 rings (SSSR count). The number of ether oxygens (including phenoxy) is 1. The maximum Gasteiger partial charge on any atom is 0.337 e. The summed E-state index contributed by atoms with van der Waals surface area (Å²) in [4.78, 5) is 12.9. The van der Waals surface area contributed by atoms with E-state index in [1.54, 1.807) is 18.2 Å². The van der Waals surface area contributed by atoms with Crippen LogP contribution >= 0.6 is 11.6 Å². The van der Waals surface area contributed by atoms with Crippen LogP contribution in [0.1, 0.15) is 30.9 Å². The smallest absolute Gasteiger partial charge is 0.337 e. The molecule has 0 radical (unpaired) electrons. The SMILES string of the molecule is CC1=C(C#N)C(c2cccc(Cl)c2)C(C(=O)OC/C=C/c2ccccc2)=C(C)N1. The third-order valence-electron chi connectivity index (χ3n) is 4.70. The Morgan fingerprint density at radius 1 is 1.17 bits per heavy atom. The molecule has 2 aromatic rings. The summed E-state index contributed by atoms with van der Waals surface area (Å²) in [5.74, 6) is -0.983. The van der Waals surface area contributed by atoms with Crippen LogP contribution in [0.2, 0.25) is 5.02 Å². The molecule has 0 amide bonds. The van der Waals surface area contributed by atoms with E-state index in [-0.39, 0.29) is 6.61 Å². The molecule has 146 valence electrons. The Kier molecular flexibility index (Phi) is 6.54. The summed E-state index contributed by atoms with van der Waals surface area (Å²) in [6.45, 7) is 3.77. The van der Waals surface area contributed by atoms with Gasteiger partial charge in [0, 0.05) is 16.4 Å². The van der Waals surface area contributed by atoms with Crippen molar-refractivity contribution in [2.24, 2.45) is 0 Å². The van der Waals surface area contributed by atoms with Crippen LogP contribution in [0, 0.1) is 11.3 Å². The van der Waals surface area contributed by atoms with Gasteiger partial charge < -0.3 is 10.1 Å². The molecule has 0 spiro atoms. The van der Waals surface area contributed by atoms with Gasteiger partial charge in [0.15, 0.2) is 0 Å². The van der Waals surface area contributed by atoms with Crippen LogP contribution in [0.4, 0.5) is 0 Å². The summed E-state index contributed by atoms with van der Waals surface area (Å²) in [7, 11) is 0. The average molecular weight is 405 g/mol. The van der Waals surface area contributed by atoms with E-state index in [2.05, 4.69) is 11.4 Å². The predicted octanol–water partition coefficient (Wildman–Crippen LogP) is 5.35. The number of carbonyl (C=O) groups excluding carboxylic acids is 1. The maximum absolute atomic E-state index is 12.9. The van der Waals surface area contributed by atoms with Gasteiger partial charge in [-0.25, -0.2) is 4.79 Å². The fourth-order valence-electron chi connectivity index (χ4n) is 3.38. The molecule has 1 aliphatic rings. The number of benzene rings is 2. The van der Waals surface area contributed by atoms with Gasteiger partial charge in [0.05, 0.1) is 23.1 Å². The summed E-state index contributed by atoms with van der Waals surface area (Å²) in [5, 5.41) is 13.4. The Labute approximate surface area is 175 Å². The van der Waals surface area contributed by atoms with Crippen molar-refractivity contribution in [1.82, 2.24) is 5.32 Å². The van der Waals surface area contributed by atoms with Gasteiger partial charge in [0.2, 0.25) is 0 Å². The molecule has 5 heteroatoms. The molecule has 29 heavy (non-hydrogen) atoms. The lowest BCUT2D eigenvalue weighted by atomic mass is 9.81. The average Bonchev–Trinajstić information content (AvgIpc) is 2.71. The van der Waals surface area contributed by atoms with E-state index in [0.717, 1.165) is 16.8 Å². The molecule has 0 aromatic heterocycles. The van der Waals surface area contributed by atoms with E-state index < -0.39 is 11.9 Å². The lowest BCUT2D eigenvalue weighted by Crippen LogP contribution is -2.28. The van der Waals surface area contributed by atoms with E-state index in [9.17, 15) is 10.1 Å². The molecule has 1 atom stereocenters. The van der Waals surface area contributed by atoms with Crippen LogP contribution in [-0.4, -0.2) is 12.6 Å². The van der Waals surface area contributed by atoms with Gasteiger partial charge in [-0.3, -0.25) is 0 Å². The first kappa shape index (κ1) is 20.4. The van der Waals surface area contributed by atoms with Crippen LogP contribution in [0.5, 0.6) is 0 Å². The number of esters is 1. The van der Waals surface area contributed by atoms with Gasteiger partial charge in [-0.2, -0.15) is 5.26 Å². The van der Waals surface area contributed by atoms with Crippen LogP contribution in [-0.2, 0) is 9.53 Å². The minimum atomic E-state index is -0.523. The van der Waals surface area contributed by atoms with Crippen molar-refractivity contribution in [2.45, 2.75) is 19.8 Å². The molecule has 0 saturated heterocycles. The van der Waals surface area contributed by atoms with Gasteiger partial charge >= 0.3 is 5.97 Å². The molecule has 0 aliphatic carbocycles. The Balaban J connectivity index is 1.84. The molecular weight excluding hydrogens is 384 g/mol. The molecule has 0 bridgehead atoms. The maximum atomic E-state index is 12.9. The first-order chi connectivity index (χ1) is 14.0. The van der Waals surface area contributed by atoms with Crippen molar-refractivity contribution in [2.75, 3.05) is 6.61 Å². The topological polar surface area (TPSA) is 62.1 Å². The summed E-state index contributed by atoms with van der Waals surface area (Å²) in [6.07, 6.45) is 3.69. The minimum Gasteiger partial charge on any atom is -0.458 e. The van der Waals surface area contributed by atoms with E-state index in [4.69, 9.17) is 16.3 Å². The van der Waals surface area contributed by atoms with E-state index >= 15 is 0 Å². The lowest BCUT2D eigenvalue weighted by molar-refractivity contribution is -0.138. The fraction of sp³-hybridized carbons (Fsp3) is 0.167. The number of dihydropyridines is 1. The number of nitrogens with zero attached hydrogens (tertiary/aromatic N) is 1. The van der Waals surface area contributed by atoms with E-state index in [1.807, 2.05) is 62.4 Å². The number of hydrogen-bond donors (Lipinski definition) is 1. The summed E-state index contributed by atoms with van der Waals surface area (Å²) in [5.41, 5.74) is 4.09. The van der Waals surface area contributed by atoms with Crippen LogP contribution in [0.3, 0.4) is 0 Å².